The molecule has 1 aromatic heterocycles. The van der Waals surface area contributed by atoms with Crippen molar-refractivity contribution in [2.75, 3.05) is 0 Å². The van der Waals surface area contributed by atoms with Crippen molar-refractivity contribution in [2.24, 2.45) is 0 Å². The van der Waals surface area contributed by atoms with Gasteiger partial charge in [-0.1, -0.05) is 0 Å². The molecule has 0 radical (unpaired) electrons. The predicted molar refractivity (Wildman–Crippen MR) is 53.5 cm³/mol. The molecule has 1 aromatic rings. The van der Waals surface area contributed by atoms with E-state index < -0.39 is 5.97 Å². The molecule has 0 atom stereocenters. The van der Waals surface area contributed by atoms with Crippen LogP contribution in [0.25, 0.3) is 0 Å². The fourth-order valence-corrected chi connectivity index (χ4v) is 1.11. The summed E-state index contributed by atoms with van der Waals surface area (Å²) < 4.78 is 0. The van der Waals surface area contributed by atoms with Gasteiger partial charge in [0.15, 0.2) is 0 Å². The van der Waals surface area contributed by atoms with Gasteiger partial charge in [-0.25, -0.2) is 9.78 Å². The van der Waals surface area contributed by atoms with Gasteiger partial charge in [0.2, 0.25) is 5.91 Å². The van der Waals surface area contributed by atoms with Crippen LogP contribution in [0.3, 0.4) is 0 Å². The Morgan fingerprint density at radius 1 is 1.53 bits per heavy atom. The second-order valence-corrected chi connectivity index (χ2v) is 3.21. The number of nitrogens with one attached hydrogen (secondary N) is 1. The lowest BCUT2D eigenvalue weighted by Crippen LogP contribution is -2.19. The molecule has 0 aliphatic rings. The van der Waals surface area contributed by atoms with Crippen molar-refractivity contribution in [3.63, 3.8) is 0 Å². The molecule has 1 heterocycles. The fraction of sp³-hybridized carbons (Fsp3) is 0.300. The molecule has 0 aliphatic heterocycles. The van der Waals surface area contributed by atoms with E-state index >= 15 is 0 Å². The molecule has 0 fully saturated rings. The van der Waals surface area contributed by atoms with Gasteiger partial charge < -0.3 is 10.4 Å². The van der Waals surface area contributed by atoms with Crippen LogP contribution in [0.4, 0.5) is 0 Å². The molecule has 2 N–H and O–H groups in total. The summed E-state index contributed by atoms with van der Waals surface area (Å²) >= 11 is 0. The summed E-state index contributed by atoms with van der Waals surface area (Å²) in [5.41, 5.74) is 1.63. The molecular formula is C10H12N2O3. The maximum Gasteiger partial charge on any atom is 0.354 e. The Labute approximate surface area is 87.1 Å². The fourth-order valence-electron chi connectivity index (χ4n) is 1.11. The number of carbonyl (C=O) groups is 2. The Morgan fingerprint density at radius 3 is 2.67 bits per heavy atom. The Bertz CT molecular complexity index is 402. The van der Waals surface area contributed by atoms with Gasteiger partial charge in [-0.2, -0.15) is 0 Å². The van der Waals surface area contributed by atoms with Gasteiger partial charge in [0.25, 0.3) is 0 Å². The van der Waals surface area contributed by atoms with E-state index in [4.69, 9.17) is 5.11 Å². The molecule has 1 amide bonds. The minimum atomic E-state index is -1.05. The Morgan fingerprint density at radius 2 is 2.20 bits per heavy atom. The molecular weight excluding hydrogens is 196 g/mol. The highest BCUT2D eigenvalue weighted by Crippen LogP contribution is 2.08. The third kappa shape index (κ3) is 3.05. The number of rotatable bonds is 3. The lowest BCUT2D eigenvalue weighted by atomic mass is 10.1. The standard InChI is InChI=1S/C10H12N2O3/c1-6-3-9(10(14)15)12-5-8(6)4-11-7(2)13/h3,5H,4H2,1-2H3,(H,11,13)(H,14,15). The van der Waals surface area contributed by atoms with Crippen LogP contribution in [0, 0.1) is 6.92 Å². The first-order chi connectivity index (χ1) is 7.00. The molecule has 0 bridgehead atoms. The largest absolute Gasteiger partial charge is 0.477 e. The summed E-state index contributed by atoms with van der Waals surface area (Å²) in [6, 6.07) is 1.49. The van der Waals surface area contributed by atoms with Gasteiger partial charge in [0.1, 0.15) is 5.69 Å². The van der Waals surface area contributed by atoms with Crippen LogP contribution in [0.5, 0.6) is 0 Å². The van der Waals surface area contributed by atoms with E-state index in [1.807, 2.05) is 0 Å². The Balaban J connectivity index is 2.83. The molecule has 0 saturated carbocycles. The van der Waals surface area contributed by atoms with Crippen molar-refractivity contribution in [1.82, 2.24) is 10.3 Å². The lowest BCUT2D eigenvalue weighted by molar-refractivity contribution is -0.119. The minimum absolute atomic E-state index is 0.0130. The normalized spacial score (nSPS) is 9.73. The molecule has 5 heteroatoms. The van der Waals surface area contributed by atoms with E-state index in [1.165, 1.54) is 19.2 Å². The van der Waals surface area contributed by atoms with Gasteiger partial charge >= 0.3 is 5.97 Å². The van der Waals surface area contributed by atoms with Crippen LogP contribution in [-0.2, 0) is 11.3 Å². The van der Waals surface area contributed by atoms with E-state index in [9.17, 15) is 9.59 Å². The predicted octanol–water partition coefficient (Wildman–Crippen LogP) is 0.724. The van der Waals surface area contributed by atoms with Gasteiger partial charge in [0, 0.05) is 19.7 Å². The highest BCUT2D eigenvalue weighted by Gasteiger charge is 2.07. The number of amides is 1. The number of hydrogen-bond acceptors (Lipinski definition) is 3. The third-order valence-corrected chi connectivity index (χ3v) is 1.97. The van der Waals surface area contributed by atoms with Gasteiger partial charge in [0.05, 0.1) is 0 Å². The van der Waals surface area contributed by atoms with Crippen molar-refractivity contribution in [3.8, 4) is 0 Å². The number of aryl methyl sites for hydroxylation is 1. The number of carbonyl (C=O) groups excluding carboxylic acids is 1. The van der Waals surface area contributed by atoms with Crippen LogP contribution in [-0.4, -0.2) is 22.0 Å². The van der Waals surface area contributed by atoms with Crippen LogP contribution < -0.4 is 5.32 Å². The lowest BCUT2D eigenvalue weighted by Gasteiger charge is -2.06. The van der Waals surface area contributed by atoms with Crippen molar-refractivity contribution < 1.29 is 14.7 Å². The molecule has 0 unspecified atom stereocenters. The molecule has 80 valence electrons. The number of hydrogen-bond donors (Lipinski definition) is 2. The molecule has 1 rings (SSSR count). The molecule has 5 nitrogen and oxygen atoms in total. The molecule has 0 spiro atoms. The molecule has 0 aliphatic carbocycles. The molecule has 0 aromatic carbocycles. The summed E-state index contributed by atoms with van der Waals surface area (Å²) in [6.45, 7) is 3.58. The first-order valence-electron chi connectivity index (χ1n) is 4.44. The van der Waals surface area contributed by atoms with Gasteiger partial charge in [-0.3, -0.25) is 4.79 Å². The van der Waals surface area contributed by atoms with Crippen LogP contribution in [0.1, 0.15) is 28.5 Å². The maximum atomic E-state index is 10.7. The molecule has 15 heavy (non-hydrogen) atoms. The monoisotopic (exact) mass is 208 g/mol. The van der Waals surface area contributed by atoms with Crippen molar-refractivity contribution in [2.45, 2.75) is 20.4 Å². The second kappa shape index (κ2) is 4.54. The summed E-state index contributed by atoms with van der Waals surface area (Å²) in [6.07, 6.45) is 1.47. The SMILES string of the molecule is CC(=O)NCc1cnc(C(=O)O)cc1C. The number of nitrogens with zero attached hydrogens (tertiary/aromatic N) is 1. The van der Waals surface area contributed by atoms with Crippen LogP contribution in [0.15, 0.2) is 12.3 Å². The minimum Gasteiger partial charge on any atom is -0.477 e. The van der Waals surface area contributed by atoms with E-state index in [-0.39, 0.29) is 11.6 Å². The first-order valence-corrected chi connectivity index (χ1v) is 4.44. The van der Waals surface area contributed by atoms with E-state index in [0.29, 0.717) is 6.54 Å². The highest BCUT2D eigenvalue weighted by molar-refractivity contribution is 5.85. The second-order valence-electron chi connectivity index (χ2n) is 3.21. The van der Waals surface area contributed by atoms with Crippen molar-refractivity contribution in [1.29, 1.82) is 0 Å². The summed E-state index contributed by atoms with van der Waals surface area (Å²) in [7, 11) is 0. The number of pyridine rings is 1. The van der Waals surface area contributed by atoms with Crippen molar-refractivity contribution >= 4 is 11.9 Å². The zero-order chi connectivity index (χ0) is 11.4. The van der Waals surface area contributed by atoms with Crippen molar-refractivity contribution in [3.05, 3.63) is 29.1 Å². The Hall–Kier alpha value is -1.91. The quantitative estimate of drug-likeness (QED) is 0.767. The average Bonchev–Trinajstić information content (AvgIpc) is 2.15. The zero-order valence-corrected chi connectivity index (χ0v) is 8.57. The highest BCUT2D eigenvalue weighted by atomic mass is 16.4. The molecule has 0 saturated heterocycles. The summed E-state index contributed by atoms with van der Waals surface area (Å²) in [5.74, 6) is -1.18. The summed E-state index contributed by atoms with van der Waals surface area (Å²) in [5, 5.41) is 11.3. The maximum absolute atomic E-state index is 10.7. The summed E-state index contributed by atoms with van der Waals surface area (Å²) in [4.78, 5) is 25.0. The number of aromatic carboxylic acids is 1. The number of carboxylic acids is 1. The zero-order valence-electron chi connectivity index (χ0n) is 8.57. The number of aromatic nitrogens is 1. The van der Waals surface area contributed by atoms with E-state index in [0.717, 1.165) is 11.1 Å². The van der Waals surface area contributed by atoms with Gasteiger partial charge in [-0.15, -0.1) is 0 Å². The van der Waals surface area contributed by atoms with E-state index in [2.05, 4.69) is 10.3 Å². The number of carboxylic acid groups (broad SMARTS) is 1. The topological polar surface area (TPSA) is 79.3 Å². The van der Waals surface area contributed by atoms with Crippen LogP contribution >= 0.6 is 0 Å². The Kier molecular flexibility index (Phi) is 3.38. The van der Waals surface area contributed by atoms with E-state index in [1.54, 1.807) is 6.92 Å². The van der Waals surface area contributed by atoms with Crippen LogP contribution in [0.2, 0.25) is 0 Å². The first kappa shape index (κ1) is 11.2. The smallest absolute Gasteiger partial charge is 0.354 e. The van der Waals surface area contributed by atoms with Gasteiger partial charge in [-0.05, 0) is 24.1 Å². The average molecular weight is 208 g/mol. The third-order valence-electron chi connectivity index (χ3n) is 1.97.